The predicted molar refractivity (Wildman–Crippen MR) is 82.7 cm³/mol. The van der Waals surface area contributed by atoms with Crippen LogP contribution in [-0.2, 0) is 16.0 Å². The maximum Gasteiger partial charge on any atom is 0.348 e. The highest BCUT2D eigenvalue weighted by Crippen LogP contribution is 2.21. The van der Waals surface area contributed by atoms with Crippen LogP contribution in [-0.4, -0.2) is 25.0 Å². The second-order valence-electron chi connectivity index (χ2n) is 4.41. The minimum absolute atomic E-state index is 0.298. The monoisotopic (exact) mass is 341 g/mol. The van der Waals surface area contributed by atoms with E-state index in [1.54, 1.807) is 24.3 Å². The fraction of sp³-hybridized carbons (Fsp3) is 0.200. The average molecular weight is 342 g/mol. The third-order valence-corrected chi connectivity index (χ3v) is 3.97. The van der Waals surface area contributed by atoms with Gasteiger partial charge in [0.2, 0.25) is 0 Å². The minimum Gasteiger partial charge on any atom is -0.451 e. The molecule has 0 aliphatic carbocycles. The number of rotatable bonds is 6. The van der Waals surface area contributed by atoms with Gasteiger partial charge in [-0.15, -0.1) is 11.3 Å². The van der Waals surface area contributed by atoms with E-state index in [1.807, 2.05) is 0 Å². The lowest BCUT2D eigenvalue weighted by Crippen LogP contribution is -2.30. The third-order valence-electron chi connectivity index (χ3n) is 2.76. The van der Waals surface area contributed by atoms with Gasteiger partial charge in [0.15, 0.2) is 6.61 Å². The molecule has 1 N–H and O–H groups in total. The van der Waals surface area contributed by atoms with Crippen molar-refractivity contribution in [3.63, 3.8) is 0 Å². The SMILES string of the molecule is O=C(COC(=O)c1ccc(Cl)s1)NCCc1ccc(F)cc1. The van der Waals surface area contributed by atoms with Gasteiger partial charge in [0, 0.05) is 6.54 Å². The summed E-state index contributed by atoms with van der Waals surface area (Å²) in [5, 5.41) is 2.63. The Hall–Kier alpha value is -1.92. The number of thiophene rings is 1. The highest BCUT2D eigenvalue weighted by Gasteiger charge is 2.12. The summed E-state index contributed by atoms with van der Waals surface area (Å²) < 4.78 is 18.1. The standard InChI is InChI=1S/C15H13ClFNO3S/c16-13-6-5-12(22-13)15(20)21-9-14(19)18-8-7-10-1-3-11(17)4-2-10/h1-6H,7-9H2,(H,18,19). The van der Waals surface area contributed by atoms with E-state index >= 15 is 0 Å². The van der Waals surface area contributed by atoms with Crippen LogP contribution in [0.1, 0.15) is 15.2 Å². The molecule has 4 nitrogen and oxygen atoms in total. The van der Waals surface area contributed by atoms with Gasteiger partial charge in [0.05, 0.1) is 4.34 Å². The van der Waals surface area contributed by atoms with Crippen LogP contribution < -0.4 is 5.32 Å². The van der Waals surface area contributed by atoms with Crippen LogP contribution in [0.4, 0.5) is 4.39 Å². The van der Waals surface area contributed by atoms with Crippen molar-refractivity contribution in [2.45, 2.75) is 6.42 Å². The molecule has 116 valence electrons. The van der Waals surface area contributed by atoms with Crippen molar-refractivity contribution >= 4 is 34.8 Å². The van der Waals surface area contributed by atoms with Crippen molar-refractivity contribution in [3.8, 4) is 0 Å². The van der Waals surface area contributed by atoms with Crippen LogP contribution in [0.2, 0.25) is 4.34 Å². The number of hydrogen-bond acceptors (Lipinski definition) is 4. The van der Waals surface area contributed by atoms with Crippen molar-refractivity contribution in [1.82, 2.24) is 5.32 Å². The van der Waals surface area contributed by atoms with E-state index in [-0.39, 0.29) is 12.4 Å². The Kier molecular flexibility index (Phi) is 5.91. The molecule has 0 fully saturated rings. The molecule has 0 atom stereocenters. The lowest BCUT2D eigenvalue weighted by molar-refractivity contribution is -0.124. The van der Waals surface area contributed by atoms with Crippen LogP contribution in [0.3, 0.4) is 0 Å². The number of esters is 1. The third kappa shape index (κ3) is 5.13. The maximum atomic E-state index is 12.7. The number of nitrogens with one attached hydrogen (secondary N) is 1. The summed E-state index contributed by atoms with van der Waals surface area (Å²) in [6, 6.07) is 9.17. The molecule has 2 rings (SSSR count). The highest BCUT2D eigenvalue weighted by molar-refractivity contribution is 7.17. The first-order valence-electron chi connectivity index (χ1n) is 6.48. The zero-order chi connectivity index (χ0) is 15.9. The zero-order valence-electron chi connectivity index (χ0n) is 11.5. The van der Waals surface area contributed by atoms with E-state index in [4.69, 9.17) is 16.3 Å². The molecular weight excluding hydrogens is 329 g/mol. The van der Waals surface area contributed by atoms with Gasteiger partial charge >= 0.3 is 5.97 Å². The smallest absolute Gasteiger partial charge is 0.348 e. The second kappa shape index (κ2) is 7.91. The first kappa shape index (κ1) is 16.5. The van der Waals surface area contributed by atoms with Crippen LogP contribution in [0.5, 0.6) is 0 Å². The number of halogens is 2. The lowest BCUT2D eigenvalue weighted by Gasteiger charge is -2.06. The van der Waals surface area contributed by atoms with Gasteiger partial charge in [-0.05, 0) is 36.2 Å². The van der Waals surface area contributed by atoms with Gasteiger partial charge < -0.3 is 10.1 Å². The van der Waals surface area contributed by atoms with E-state index in [0.717, 1.165) is 16.9 Å². The van der Waals surface area contributed by atoms with Gasteiger partial charge in [-0.3, -0.25) is 4.79 Å². The molecule has 0 saturated heterocycles. The first-order chi connectivity index (χ1) is 10.5. The van der Waals surface area contributed by atoms with Crippen LogP contribution in [0, 0.1) is 5.82 Å². The molecular formula is C15H13ClFNO3S. The van der Waals surface area contributed by atoms with Crippen LogP contribution >= 0.6 is 22.9 Å². The summed E-state index contributed by atoms with van der Waals surface area (Å²) >= 11 is 6.80. The van der Waals surface area contributed by atoms with Crippen molar-refractivity contribution in [2.75, 3.05) is 13.2 Å². The number of hydrogen-bond donors (Lipinski definition) is 1. The Labute approximate surface area is 135 Å². The Bertz CT molecular complexity index is 657. The van der Waals surface area contributed by atoms with Crippen molar-refractivity contribution in [3.05, 3.63) is 57.0 Å². The Balaban J connectivity index is 1.67. The first-order valence-corrected chi connectivity index (χ1v) is 7.67. The van der Waals surface area contributed by atoms with E-state index in [2.05, 4.69) is 5.32 Å². The second-order valence-corrected chi connectivity index (χ2v) is 6.12. The number of carbonyl (C=O) groups excluding carboxylic acids is 2. The Morgan fingerprint density at radius 3 is 2.55 bits per heavy atom. The van der Waals surface area contributed by atoms with Gasteiger partial charge in [-0.1, -0.05) is 23.7 Å². The summed E-state index contributed by atoms with van der Waals surface area (Å²) in [5.41, 5.74) is 0.909. The molecule has 22 heavy (non-hydrogen) atoms. The van der Waals surface area contributed by atoms with Crippen LogP contribution in [0.25, 0.3) is 0 Å². The van der Waals surface area contributed by atoms with E-state index in [0.29, 0.717) is 22.2 Å². The molecule has 0 spiro atoms. The van der Waals surface area contributed by atoms with Gasteiger partial charge in [-0.25, -0.2) is 9.18 Å². The quantitative estimate of drug-likeness (QED) is 0.822. The molecule has 1 aromatic carbocycles. The van der Waals surface area contributed by atoms with Crippen molar-refractivity contribution in [1.29, 1.82) is 0 Å². The molecule has 0 unspecified atom stereocenters. The molecule has 7 heteroatoms. The molecule has 0 radical (unpaired) electrons. The Morgan fingerprint density at radius 1 is 1.18 bits per heavy atom. The number of amides is 1. The largest absolute Gasteiger partial charge is 0.451 e. The summed E-state index contributed by atoms with van der Waals surface area (Å²) in [5.74, 6) is -1.27. The molecule has 1 aromatic heterocycles. The van der Waals surface area contributed by atoms with E-state index < -0.39 is 11.9 Å². The van der Waals surface area contributed by atoms with Gasteiger partial charge in [0.1, 0.15) is 10.7 Å². The molecule has 0 saturated carbocycles. The van der Waals surface area contributed by atoms with Gasteiger partial charge in [0.25, 0.3) is 5.91 Å². The predicted octanol–water partition coefficient (Wildman–Crippen LogP) is 3.06. The zero-order valence-corrected chi connectivity index (χ0v) is 13.0. The average Bonchev–Trinajstić information content (AvgIpc) is 2.93. The molecule has 0 aliphatic heterocycles. The fourth-order valence-electron chi connectivity index (χ4n) is 1.67. The number of carbonyl (C=O) groups is 2. The number of ether oxygens (including phenoxy) is 1. The molecule has 0 aliphatic rings. The van der Waals surface area contributed by atoms with E-state index in [1.165, 1.54) is 12.1 Å². The number of benzene rings is 1. The highest BCUT2D eigenvalue weighted by atomic mass is 35.5. The van der Waals surface area contributed by atoms with Gasteiger partial charge in [-0.2, -0.15) is 0 Å². The Morgan fingerprint density at radius 2 is 1.91 bits per heavy atom. The summed E-state index contributed by atoms with van der Waals surface area (Å²) in [6.45, 7) is 0.0324. The topological polar surface area (TPSA) is 55.4 Å². The van der Waals surface area contributed by atoms with Crippen LogP contribution in [0.15, 0.2) is 36.4 Å². The molecule has 0 bridgehead atoms. The summed E-state index contributed by atoms with van der Waals surface area (Å²) in [7, 11) is 0. The summed E-state index contributed by atoms with van der Waals surface area (Å²) in [6.07, 6.45) is 0.570. The summed E-state index contributed by atoms with van der Waals surface area (Å²) in [4.78, 5) is 23.5. The maximum absolute atomic E-state index is 12.7. The fourth-order valence-corrected chi connectivity index (χ4v) is 2.61. The van der Waals surface area contributed by atoms with E-state index in [9.17, 15) is 14.0 Å². The van der Waals surface area contributed by atoms with Crippen molar-refractivity contribution < 1.29 is 18.7 Å². The van der Waals surface area contributed by atoms with Crippen molar-refractivity contribution in [2.24, 2.45) is 0 Å². The minimum atomic E-state index is -0.578. The molecule has 1 amide bonds. The normalized spacial score (nSPS) is 10.3. The molecule has 1 heterocycles. The lowest BCUT2D eigenvalue weighted by atomic mass is 10.1. The molecule has 2 aromatic rings.